The van der Waals surface area contributed by atoms with Gasteiger partial charge in [-0.3, -0.25) is 9.59 Å². The van der Waals surface area contributed by atoms with E-state index in [-0.39, 0.29) is 5.91 Å². The van der Waals surface area contributed by atoms with Crippen LogP contribution in [0.1, 0.15) is 32.6 Å². The van der Waals surface area contributed by atoms with Gasteiger partial charge in [0.05, 0.1) is 12.0 Å². The minimum absolute atomic E-state index is 0.104. The van der Waals surface area contributed by atoms with E-state index in [0.29, 0.717) is 25.9 Å². The van der Waals surface area contributed by atoms with Gasteiger partial charge in [-0.1, -0.05) is 13.3 Å². The highest BCUT2D eigenvalue weighted by Crippen LogP contribution is 2.17. The van der Waals surface area contributed by atoms with Crippen molar-refractivity contribution in [2.24, 2.45) is 11.7 Å². The molecule has 0 saturated carbocycles. The van der Waals surface area contributed by atoms with Crippen LogP contribution in [0.15, 0.2) is 0 Å². The summed E-state index contributed by atoms with van der Waals surface area (Å²) in [6, 6.07) is -0.474. The van der Waals surface area contributed by atoms with Crippen molar-refractivity contribution in [2.75, 3.05) is 13.1 Å². The van der Waals surface area contributed by atoms with E-state index in [9.17, 15) is 9.59 Å². The zero-order valence-corrected chi connectivity index (χ0v) is 9.69. The molecule has 92 valence electrons. The summed E-state index contributed by atoms with van der Waals surface area (Å²) in [5, 5.41) is 8.91. The summed E-state index contributed by atoms with van der Waals surface area (Å²) in [7, 11) is 0. The fourth-order valence-electron chi connectivity index (χ4n) is 2.05. The van der Waals surface area contributed by atoms with Gasteiger partial charge in [-0.2, -0.15) is 0 Å². The Hall–Kier alpha value is -1.10. The van der Waals surface area contributed by atoms with E-state index in [1.165, 1.54) is 0 Å². The van der Waals surface area contributed by atoms with Crippen LogP contribution in [0.5, 0.6) is 0 Å². The van der Waals surface area contributed by atoms with Crippen molar-refractivity contribution in [3.05, 3.63) is 0 Å². The fraction of sp³-hybridized carbons (Fsp3) is 0.818. The van der Waals surface area contributed by atoms with Gasteiger partial charge >= 0.3 is 5.97 Å². The average molecular weight is 228 g/mol. The number of rotatable bonds is 4. The number of amides is 1. The molecular weight excluding hydrogens is 208 g/mol. The summed E-state index contributed by atoms with van der Waals surface area (Å²) >= 11 is 0. The molecule has 16 heavy (non-hydrogen) atoms. The van der Waals surface area contributed by atoms with Gasteiger partial charge in [0.2, 0.25) is 5.91 Å². The molecule has 2 atom stereocenters. The molecule has 5 nitrogen and oxygen atoms in total. The van der Waals surface area contributed by atoms with Crippen LogP contribution in [0.25, 0.3) is 0 Å². The summed E-state index contributed by atoms with van der Waals surface area (Å²) < 4.78 is 0. The van der Waals surface area contributed by atoms with Crippen LogP contribution < -0.4 is 5.73 Å². The van der Waals surface area contributed by atoms with E-state index in [2.05, 4.69) is 0 Å². The standard InChI is InChI=1S/C11H20N2O3/c1-2-4-9(12)10(14)13-6-3-5-8(7-13)11(15)16/h8-9H,2-7,12H2,1H3,(H,15,16)/t8-,9-/m0/s1. The zero-order chi connectivity index (χ0) is 12.1. The number of carboxylic acid groups (broad SMARTS) is 1. The third-order valence-electron chi connectivity index (χ3n) is 3.00. The Bertz CT molecular complexity index is 268. The number of carboxylic acids is 1. The molecule has 3 N–H and O–H groups in total. The second-order valence-corrected chi connectivity index (χ2v) is 4.36. The predicted molar refractivity (Wildman–Crippen MR) is 59.8 cm³/mol. The first-order chi connectivity index (χ1) is 7.56. The summed E-state index contributed by atoms with van der Waals surface area (Å²) in [5.41, 5.74) is 5.74. The molecule has 1 saturated heterocycles. The highest BCUT2D eigenvalue weighted by Gasteiger charge is 2.29. The lowest BCUT2D eigenvalue weighted by Crippen LogP contribution is -2.49. The largest absolute Gasteiger partial charge is 0.481 e. The topological polar surface area (TPSA) is 83.6 Å². The molecule has 1 fully saturated rings. The van der Waals surface area contributed by atoms with Crippen LogP contribution in [0, 0.1) is 5.92 Å². The summed E-state index contributed by atoms with van der Waals surface area (Å²) in [5.74, 6) is -1.35. The average Bonchev–Trinajstić information content (AvgIpc) is 2.28. The maximum Gasteiger partial charge on any atom is 0.308 e. The molecule has 1 heterocycles. The maximum absolute atomic E-state index is 11.9. The second-order valence-electron chi connectivity index (χ2n) is 4.36. The van der Waals surface area contributed by atoms with E-state index in [0.717, 1.165) is 12.8 Å². The third-order valence-corrected chi connectivity index (χ3v) is 3.00. The molecule has 0 aromatic heterocycles. The number of carbonyl (C=O) groups excluding carboxylic acids is 1. The minimum atomic E-state index is -0.818. The Morgan fingerprint density at radius 3 is 2.81 bits per heavy atom. The molecule has 5 heteroatoms. The van der Waals surface area contributed by atoms with E-state index < -0.39 is 17.9 Å². The molecule has 1 amide bonds. The van der Waals surface area contributed by atoms with Crippen molar-refractivity contribution in [3.63, 3.8) is 0 Å². The predicted octanol–water partition coefficient (Wildman–Crippen LogP) is 0.437. The number of nitrogens with zero attached hydrogens (tertiary/aromatic N) is 1. The molecule has 0 aliphatic carbocycles. The SMILES string of the molecule is CCC[C@H](N)C(=O)N1CCC[C@H](C(=O)O)C1. The lowest BCUT2D eigenvalue weighted by atomic mass is 9.97. The molecule has 1 aliphatic heterocycles. The lowest BCUT2D eigenvalue weighted by Gasteiger charge is -2.32. The summed E-state index contributed by atoms with van der Waals surface area (Å²) in [6.07, 6.45) is 2.93. The van der Waals surface area contributed by atoms with Gasteiger partial charge in [0, 0.05) is 13.1 Å². The van der Waals surface area contributed by atoms with Crippen LogP contribution >= 0.6 is 0 Å². The highest BCUT2D eigenvalue weighted by atomic mass is 16.4. The summed E-state index contributed by atoms with van der Waals surface area (Å²) in [4.78, 5) is 24.3. The Balaban J connectivity index is 2.53. The number of hydrogen-bond acceptors (Lipinski definition) is 3. The van der Waals surface area contributed by atoms with Gasteiger partial charge in [-0.25, -0.2) is 0 Å². The van der Waals surface area contributed by atoms with Gasteiger partial charge < -0.3 is 15.7 Å². The van der Waals surface area contributed by atoms with Gasteiger partial charge in [0.25, 0.3) is 0 Å². The zero-order valence-electron chi connectivity index (χ0n) is 9.69. The quantitative estimate of drug-likeness (QED) is 0.731. The van der Waals surface area contributed by atoms with Crippen molar-refractivity contribution in [3.8, 4) is 0 Å². The monoisotopic (exact) mass is 228 g/mol. The first-order valence-electron chi connectivity index (χ1n) is 5.83. The van der Waals surface area contributed by atoms with Crippen molar-refractivity contribution < 1.29 is 14.7 Å². The Morgan fingerprint density at radius 2 is 2.25 bits per heavy atom. The first kappa shape index (κ1) is 13.0. The summed E-state index contributed by atoms with van der Waals surface area (Å²) in [6.45, 7) is 2.93. The smallest absolute Gasteiger partial charge is 0.308 e. The maximum atomic E-state index is 11.9. The molecule has 0 radical (unpaired) electrons. The number of carbonyl (C=O) groups is 2. The van der Waals surface area contributed by atoms with Gasteiger partial charge in [0.1, 0.15) is 0 Å². The van der Waals surface area contributed by atoms with Crippen LogP contribution in [0.3, 0.4) is 0 Å². The number of nitrogens with two attached hydrogens (primary N) is 1. The van der Waals surface area contributed by atoms with E-state index in [4.69, 9.17) is 10.8 Å². The van der Waals surface area contributed by atoms with Gasteiger partial charge in [0.15, 0.2) is 0 Å². The number of hydrogen-bond donors (Lipinski definition) is 2. The molecule has 0 spiro atoms. The van der Waals surface area contributed by atoms with Crippen LogP contribution in [-0.2, 0) is 9.59 Å². The molecular formula is C11H20N2O3. The molecule has 0 aromatic rings. The van der Waals surface area contributed by atoms with E-state index in [1.807, 2.05) is 6.92 Å². The van der Waals surface area contributed by atoms with Crippen molar-refractivity contribution in [1.82, 2.24) is 4.90 Å². The van der Waals surface area contributed by atoms with Gasteiger partial charge in [-0.05, 0) is 19.3 Å². The van der Waals surface area contributed by atoms with Crippen molar-refractivity contribution in [1.29, 1.82) is 0 Å². The third kappa shape index (κ3) is 3.20. The second kappa shape index (κ2) is 5.84. The lowest BCUT2D eigenvalue weighted by molar-refractivity contribution is -0.146. The fourth-order valence-corrected chi connectivity index (χ4v) is 2.05. The van der Waals surface area contributed by atoms with Crippen LogP contribution in [0.2, 0.25) is 0 Å². The van der Waals surface area contributed by atoms with Crippen LogP contribution in [0.4, 0.5) is 0 Å². The van der Waals surface area contributed by atoms with Gasteiger partial charge in [-0.15, -0.1) is 0 Å². The Labute approximate surface area is 95.6 Å². The van der Waals surface area contributed by atoms with Crippen LogP contribution in [-0.4, -0.2) is 41.0 Å². The molecule has 1 rings (SSSR count). The number of piperidine rings is 1. The number of likely N-dealkylation sites (tertiary alicyclic amines) is 1. The molecule has 0 aromatic carbocycles. The number of aliphatic carboxylic acids is 1. The van der Waals surface area contributed by atoms with Crippen molar-refractivity contribution in [2.45, 2.75) is 38.6 Å². The Kier molecular flexibility index (Phi) is 4.73. The first-order valence-corrected chi connectivity index (χ1v) is 5.83. The van der Waals surface area contributed by atoms with E-state index >= 15 is 0 Å². The molecule has 1 aliphatic rings. The molecule has 0 bridgehead atoms. The normalized spacial score (nSPS) is 22.9. The van der Waals surface area contributed by atoms with Crippen molar-refractivity contribution >= 4 is 11.9 Å². The minimum Gasteiger partial charge on any atom is -0.481 e. The Morgan fingerprint density at radius 1 is 1.56 bits per heavy atom. The highest BCUT2D eigenvalue weighted by molar-refractivity contribution is 5.82. The van der Waals surface area contributed by atoms with E-state index in [1.54, 1.807) is 4.90 Å². The molecule has 0 unspecified atom stereocenters.